The summed E-state index contributed by atoms with van der Waals surface area (Å²) in [4.78, 5) is 0. The van der Waals surface area contributed by atoms with E-state index >= 15 is 0 Å². The van der Waals surface area contributed by atoms with Crippen LogP contribution in [0.25, 0.3) is 10.8 Å². The lowest BCUT2D eigenvalue weighted by Crippen LogP contribution is -2.02. The fraction of sp³-hybridized carbons (Fsp3) is 0.125. The van der Waals surface area contributed by atoms with Crippen molar-refractivity contribution in [3.05, 3.63) is 65.9 Å². The summed E-state index contributed by atoms with van der Waals surface area (Å²) in [5, 5.41) is 13.8. The van der Waals surface area contributed by atoms with Crippen LogP contribution in [0.2, 0.25) is 0 Å². The number of fused-ring (bicyclic) bond motifs is 1. The molecule has 1 aromatic heterocycles. The van der Waals surface area contributed by atoms with Crippen LogP contribution in [0, 0.1) is 6.92 Å². The molecule has 0 unspecified atom stereocenters. The predicted molar refractivity (Wildman–Crippen MR) is 78.0 cm³/mol. The first kappa shape index (κ1) is 11.7. The highest BCUT2D eigenvalue weighted by atomic mass is 15.2. The van der Waals surface area contributed by atoms with E-state index in [0.717, 1.165) is 23.1 Å². The summed E-state index contributed by atoms with van der Waals surface area (Å²) in [7, 11) is 0. The molecule has 0 atom stereocenters. The van der Waals surface area contributed by atoms with Crippen molar-refractivity contribution in [2.24, 2.45) is 0 Å². The second-order valence-electron chi connectivity index (χ2n) is 4.62. The number of aryl methyl sites for hydroxylation is 1. The fourth-order valence-corrected chi connectivity index (χ4v) is 2.05. The standard InChI is InChI=1S/C16H15N3/c1-12-6-8-13(9-7-12)10-17-16-15-5-3-2-4-14(15)11-18-19-16/h2-9,11H,10H2,1H3,(H,17,19). The zero-order chi connectivity index (χ0) is 13.1. The molecule has 0 saturated carbocycles. The van der Waals surface area contributed by atoms with Gasteiger partial charge in [-0.25, -0.2) is 0 Å². The minimum absolute atomic E-state index is 0.753. The van der Waals surface area contributed by atoms with Gasteiger partial charge in [0.15, 0.2) is 5.82 Å². The number of rotatable bonds is 3. The van der Waals surface area contributed by atoms with E-state index in [1.54, 1.807) is 6.20 Å². The summed E-state index contributed by atoms with van der Waals surface area (Å²) in [5.41, 5.74) is 2.51. The summed E-state index contributed by atoms with van der Waals surface area (Å²) in [6.45, 7) is 2.84. The van der Waals surface area contributed by atoms with E-state index in [2.05, 4.69) is 52.8 Å². The molecule has 2 aromatic carbocycles. The Bertz CT molecular complexity index is 684. The van der Waals surface area contributed by atoms with Crippen LogP contribution in [-0.4, -0.2) is 10.2 Å². The molecule has 0 radical (unpaired) electrons. The van der Waals surface area contributed by atoms with Crippen molar-refractivity contribution in [1.29, 1.82) is 0 Å². The Labute approximate surface area is 112 Å². The Morgan fingerprint density at radius 3 is 2.63 bits per heavy atom. The van der Waals surface area contributed by atoms with Crippen LogP contribution in [0.3, 0.4) is 0 Å². The van der Waals surface area contributed by atoms with Gasteiger partial charge in [-0.15, -0.1) is 5.10 Å². The van der Waals surface area contributed by atoms with E-state index in [-0.39, 0.29) is 0 Å². The lowest BCUT2D eigenvalue weighted by molar-refractivity contribution is 1.02. The van der Waals surface area contributed by atoms with Gasteiger partial charge in [-0.3, -0.25) is 0 Å². The van der Waals surface area contributed by atoms with Crippen LogP contribution in [0.4, 0.5) is 5.82 Å². The molecule has 0 fully saturated rings. The smallest absolute Gasteiger partial charge is 0.156 e. The molecule has 3 nitrogen and oxygen atoms in total. The first-order valence-electron chi connectivity index (χ1n) is 6.33. The highest BCUT2D eigenvalue weighted by molar-refractivity contribution is 5.90. The minimum Gasteiger partial charge on any atom is -0.364 e. The number of benzene rings is 2. The van der Waals surface area contributed by atoms with Crippen molar-refractivity contribution in [3.63, 3.8) is 0 Å². The summed E-state index contributed by atoms with van der Waals surface area (Å²) in [6.07, 6.45) is 1.78. The second-order valence-corrected chi connectivity index (χ2v) is 4.62. The zero-order valence-electron chi connectivity index (χ0n) is 10.8. The minimum atomic E-state index is 0.753. The molecule has 94 valence electrons. The lowest BCUT2D eigenvalue weighted by Gasteiger charge is -2.08. The van der Waals surface area contributed by atoms with Crippen LogP contribution in [0.15, 0.2) is 54.7 Å². The third-order valence-corrected chi connectivity index (χ3v) is 3.15. The summed E-state index contributed by atoms with van der Waals surface area (Å²) < 4.78 is 0. The average Bonchev–Trinajstić information content (AvgIpc) is 2.47. The van der Waals surface area contributed by atoms with E-state index in [1.807, 2.05) is 18.2 Å². The number of anilines is 1. The van der Waals surface area contributed by atoms with Crippen LogP contribution >= 0.6 is 0 Å². The molecule has 3 heteroatoms. The van der Waals surface area contributed by atoms with Gasteiger partial charge in [0, 0.05) is 17.3 Å². The zero-order valence-corrected chi connectivity index (χ0v) is 10.8. The van der Waals surface area contributed by atoms with Gasteiger partial charge in [0.2, 0.25) is 0 Å². The van der Waals surface area contributed by atoms with Gasteiger partial charge in [-0.2, -0.15) is 5.10 Å². The van der Waals surface area contributed by atoms with Crippen molar-refractivity contribution < 1.29 is 0 Å². The van der Waals surface area contributed by atoms with Crippen molar-refractivity contribution in [2.75, 3.05) is 5.32 Å². The average molecular weight is 249 g/mol. The van der Waals surface area contributed by atoms with Crippen LogP contribution in [-0.2, 0) is 6.54 Å². The first-order valence-corrected chi connectivity index (χ1v) is 6.33. The largest absolute Gasteiger partial charge is 0.364 e. The van der Waals surface area contributed by atoms with Gasteiger partial charge in [0.25, 0.3) is 0 Å². The second kappa shape index (κ2) is 5.06. The molecule has 1 heterocycles. The molecule has 1 N–H and O–H groups in total. The summed E-state index contributed by atoms with van der Waals surface area (Å²) >= 11 is 0. The number of nitrogens with zero attached hydrogens (tertiary/aromatic N) is 2. The Kier molecular flexibility index (Phi) is 3.11. The van der Waals surface area contributed by atoms with E-state index < -0.39 is 0 Å². The van der Waals surface area contributed by atoms with Gasteiger partial charge in [-0.05, 0) is 12.5 Å². The van der Waals surface area contributed by atoms with Gasteiger partial charge >= 0.3 is 0 Å². The molecular weight excluding hydrogens is 234 g/mol. The topological polar surface area (TPSA) is 37.8 Å². The van der Waals surface area contributed by atoms with E-state index in [0.29, 0.717) is 0 Å². The maximum absolute atomic E-state index is 4.18. The van der Waals surface area contributed by atoms with Crippen molar-refractivity contribution in [2.45, 2.75) is 13.5 Å². The van der Waals surface area contributed by atoms with Gasteiger partial charge in [0.05, 0.1) is 6.20 Å². The normalized spacial score (nSPS) is 10.6. The van der Waals surface area contributed by atoms with E-state index in [4.69, 9.17) is 0 Å². The molecule has 0 saturated heterocycles. The van der Waals surface area contributed by atoms with Crippen molar-refractivity contribution in [3.8, 4) is 0 Å². The maximum atomic E-state index is 4.18. The molecule has 3 rings (SSSR count). The van der Waals surface area contributed by atoms with Crippen LogP contribution in [0.5, 0.6) is 0 Å². The van der Waals surface area contributed by atoms with Crippen molar-refractivity contribution >= 4 is 16.6 Å². The Morgan fingerprint density at radius 1 is 1.00 bits per heavy atom. The van der Waals surface area contributed by atoms with E-state index in [9.17, 15) is 0 Å². The van der Waals surface area contributed by atoms with Gasteiger partial charge < -0.3 is 5.32 Å². The van der Waals surface area contributed by atoms with Gasteiger partial charge in [0.1, 0.15) is 0 Å². The quantitative estimate of drug-likeness (QED) is 0.771. The monoisotopic (exact) mass is 249 g/mol. The Balaban J connectivity index is 1.84. The molecule has 3 aromatic rings. The van der Waals surface area contributed by atoms with Crippen molar-refractivity contribution in [1.82, 2.24) is 10.2 Å². The highest BCUT2D eigenvalue weighted by Gasteiger charge is 2.02. The molecular formula is C16H15N3. The summed E-state index contributed by atoms with van der Waals surface area (Å²) in [5.74, 6) is 0.832. The molecule has 19 heavy (non-hydrogen) atoms. The van der Waals surface area contributed by atoms with E-state index in [1.165, 1.54) is 11.1 Å². The third kappa shape index (κ3) is 2.55. The fourth-order valence-electron chi connectivity index (χ4n) is 2.05. The molecule has 0 spiro atoms. The third-order valence-electron chi connectivity index (χ3n) is 3.15. The highest BCUT2D eigenvalue weighted by Crippen LogP contribution is 2.19. The molecule has 0 aliphatic rings. The van der Waals surface area contributed by atoms with Gasteiger partial charge in [-0.1, -0.05) is 54.1 Å². The molecule has 0 amide bonds. The number of nitrogens with one attached hydrogen (secondary N) is 1. The van der Waals surface area contributed by atoms with Crippen LogP contribution in [0.1, 0.15) is 11.1 Å². The molecule has 0 aliphatic carbocycles. The number of aromatic nitrogens is 2. The maximum Gasteiger partial charge on any atom is 0.156 e. The number of hydrogen-bond acceptors (Lipinski definition) is 3. The SMILES string of the molecule is Cc1ccc(CNc2nncc3ccccc23)cc1. The molecule has 0 aliphatic heterocycles. The Morgan fingerprint density at radius 2 is 1.79 bits per heavy atom. The summed E-state index contributed by atoms with van der Waals surface area (Å²) in [6, 6.07) is 16.6. The predicted octanol–water partition coefficient (Wildman–Crippen LogP) is 3.55. The Hall–Kier alpha value is -2.42. The lowest BCUT2D eigenvalue weighted by atomic mass is 10.1. The van der Waals surface area contributed by atoms with Crippen LogP contribution < -0.4 is 5.32 Å². The molecule has 0 bridgehead atoms. The first-order chi connectivity index (χ1) is 9.33. The number of hydrogen-bond donors (Lipinski definition) is 1.